The highest BCUT2D eigenvalue weighted by molar-refractivity contribution is 5.94. The van der Waals surface area contributed by atoms with Gasteiger partial charge in [-0.25, -0.2) is 4.79 Å². The van der Waals surface area contributed by atoms with Crippen molar-refractivity contribution in [3.8, 4) is 0 Å². The number of carboxylic acids is 1. The lowest BCUT2D eigenvalue weighted by atomic mass is 10.3. The molecule has 0 aliphatic rings. The van der Waals surface area contributed by atoms with E-state index < -0.39 is 23.7 Å². The summed E-state index contributed by atoms with van der Waals surface area (Å²) in [6.45, 7) is 1.72. The van der Waals surface area contributed by atoms with Gasteiger partial charge >= 0.3 is 5.97 Å². The van der Waals surface area contributed by atoms with E-state index in [0.717, 1.165) is 6.07 Å². The van der Waals surface area contributed by atoms with E-state index in [1.807, 2.05) is 0 Å². The van der Waals surface area contributed by atoms with Crippen molar-refractivity contribution in [2.45, 2.75) is 13.0 Å². The van der Waals surface area contributed by atoms with Crippen molar-refractivity contribution in [3.05, 3.63) is 29.7 Å². The standard InChI is InChI=1S/C10H11N5O4/c1-5(8-13-11-4-15(8)2)12-9(16)6-3-7(10(17)18)19-14-6/h3-5H,1-2H3,(H,12,16)(H,17,18). The van der Waals surface area contributed by atoms with Crippen LogP contribution in [-0.4, -0.2) is 36.9 Å². The number of aryl methyl sites for hydroxylation is 1. The first-order valence-electron chi connectivity index (χ1n) is 5.34. The second-order valence-corrected chi connectivity index (χ2v) is 3.88. The summed E-state index contributed by atoms with van der Waals surface area (Å²) in [4.78, 5) is 22.4. The molecule has 0 aliphatic carbocycles. The van der Waals surface area contributed by atoms with Gasteiger partial charge in [-0.3, -0.25) is 4.79 Å². The Kier molecular flexibility index (Phi) is 3.27. The summed E-state index contributed by atoms with van der Waals surface area (Å²) in [5.41, 5.74) is -0.105. The molecule has 0 aromatic carbocycles. The van der Waals surface area contributed by atoms with Crippen LogP contribution in [0.25, 0.3) is 0 Å². The van der Waals surface area contributed by atoms with Crippen LogP contribution >= 0.6 is 0 Å². The van der Waals surface area contributed by atoms with Crippen molar-refractivity contribution in [1.82, 2.24) is 25.2 Å². The first kappa shape index (κ1) is 12.7. The SMILES string of the molecule is CC(NC(=O)c1cc(C(=O)O)on1)c1nncn1C. The van der Waals surface area contributed by atoms with Crippen LogP contribution < -0.4 is 5.32 Å². The lowest BCUT2D eigenvalue weighted by molar-refractivity contribution is 0.0651. The normalized spacial score (nSPS) is 12.1. The third-order valence-corrected chi connectivity index (χ3v) is 2.43. The van der Waals surface area contributed by atoms with Crippen LogP contribution in [0, 0.1) is 0 Å². The van der Waals surface area contributed by atoms with Crippen LogP contribution in [0.2, 0.25) is 0 Å². The van der Waals surface area contributed by atoms with E-state index in [4.69, 9.17) is 5.11 Å². The van der Waals surface area contributed by atoms with Gasteiger partial charge in [0.1, 0.15) is 6.33 Å². The first-order chi connectivity index (χ1) is 8.99. The maximum Gasteiger partial charge on any atom is 0.374 e. The van der Waals surface area contributed by atoms with Gasteiger partial charge in [-0.05, 0) is 6.92 Å². The number of nitrogens with zero attached hydrogens (tertiary/aromatic N) is 4. The number of nitrogens with one attached hydrogen (secondary N) is 1. The Hall–Kier alpha value is -2.71. The molecule has 0 bridgehead atoms. The molecule has 9 nitrogen and oxygen atoms in total. The number of aromatic nitrogens is 4. The Morgan fingerprint density at radius 2 is 2.26 bits per heavy atom. The molecule has 1 amide bonds. The Labute approximate surface area is 107 Å². The number of carbonyl (C=O) groups is 2. The molecule has 2 heterocycles. The fourth-order valence-corrected chi connectivity index (χ4v) is 1.50. The van der Waals surface area contributed by atoms with E-state index >= 15 is 0 Å². The van der Waals surface area contributed by atoms with Gasteiger partial charge in [0.2, 0.25) is 5.76 Å². The number of aromatic carboxylic acids is 1. The lowest BCUT2D eigenvalue weighted by Crippen LogP contribution is -2.28. The molecule has 19 heavy (non-hydrogen) atoms. The molecular weight excluding hydrogens is 254 g/mol. The van der Waals surface area contributed by atoms with Crippen molar-refractivity contribution < 1.29 is 19.2 Å². The quantitative estimate of drug-likeness (QED) is 0.796. The minimum absolute atomic E-state index is 0.105. The van der Waals surface area contributed by atoms with E-state index in [1.54, 1.807) is 18.5 Å². The number of carbonyl (C=O) groups excluding carboxylic acids is 1. The minimum atomic E-state index is -1.28. The van der Waals surface area contributed by atoms with Crippen molar-refractivity contribution in [1.29, 1.82) is 0 Å². The summed E-state index contributed by atoms with van der Waals surface area (Å²) >= 11 is 0. The van der Waals surface area contributed by atoms with Crippen LogP contribution in [0.1, 0.15) is 39.8 Å². The van der Waals surface area contributed by atoms with Gasteiger partial charge in [-0.2, -0.15) is 0 Å². The van der Waals surface area contributed by atoms with E-state index in [0.29, 0.717) is 5.82 Å². The number of rotatable bonds is 4. The number of carboxylic acid groups (broad SMARTS) is 1. The minimum Gasteiger partial charge on any atom is -0.475 e. The number of hydrogen-bond donors (Lipinski definition) is 2. The van der Waals surface area contributed by atoms with Crippen LogP contribution in [0.5, 0.6) is 0 Å². The van der Waals surface area contributed by atoms with Crippen molar-refractivity contribution in [2.75, 3.05) is 0 Å². The van der Waals surface area contributed by atoms with E-state index in [9.17, 15) is 9.59 Å². The Morgan fingerprint density at radius 1 is 1.53 bits per heavy atom. The Morgan fingerprint density at radius 3 is 2.79 bits per heavy atom. The van der Waals surface area contributed by atoms with E-state index in [1.165, 1.54) is 6.33 Å². The van der Waals surface area contributed by atoms with Gasteiger partial charge in [0.15, 0.2) is 11.5 Å². The molecule has 2 aromatic heterocycles. The molecule has 9 heteroatoms. The van der Waals surface area contributed by atoms with Gasteiger partial charge in [-0.15, -0.1) is 10.2 Å². The summed E-state index contributed by atoms with van der Waals surface area (Å²) in [6.07, 6.45) is 1.51. The van der Waals surface area contributed by atoms with Crippen LogP contribution in [0.15, 0.2) is 16.9 Å². The van der Waals surface area contributed by atoms with E-state index in [2.05, 4.69) is 25.2 Å². The molecule has 0 saturated heterocycles. The molecule has 2 aromatic rings. The third-order valence-electron chi connectivity index (χ3n) is 2.43. The molecule has 0 radical (unpaired) electrons. The van der Waals surface area contributed by atoms with Gasteiger partial charge < -0.3 is 19.5 Å². The van der Waals surface area contributed by atoms with Crippen LogP contribution in [0.3, 0.4) is 0 Å². The fraction of sp³-hybridized carbons (Fsp3) is 0.300. The monoisotopic (exact) mass is 265 g/mol. The topological polar surface area (TPSA) is 123 Å². The summed E-state index contributed by atoms with van der Waals surface area (Å²) < 4.78 is 6.16. The molecule has 0 aliphatic heterocycles. The highest BCUT2D eigenvalue weighted by Crippen LogP contribution is 2.09. The smallest absolute Gasteiger partial charge is 0.374 e. The average Bonchev–Trinajstić information content (AvgIpc) is 2.96. The maximum atomic E-state index is 11.8. The molecular formula is C10H11N5O4. The summed E-state index contributed by atoms with van der Waals surface area (Å²) in [5, 5.41) is 22.2. The summed E-state index contributed by atoms with van der Waals surface area (Å²) in [5.74, 6) is -1.66. The molecule has 100 valence electrons. The average molecular weight is 265 g/mol. The molecule has 1 unspecified atom stereocenters. The van der Waals surface area contributed by atoms with Gasteiger partial charge in [0.25, 0.3) is 5.91 Å². The predicted octanol–water partition coefficient (Wildman–Crippen LogP) is -0.00770. The maximum absolute atomic E-state index is 11.8. The van der Waals surface area contributed by atoms with Crippen molar-refractivity contribution in [2.24, 2.45) is 7.05 Å². The van der Waals surface area contributed by atoms with Crippen molar-refractivity contribution in [3.63, 3.8) is 0 Å². The van der Waals surface area contributed by atoms with E-state index in [-0.39, 0.29) is 5.69 Å². The molecule has 1 atom stereocenters. The molecule has 2 rings (SSSR count). The third kappa shape index (κ3) is 2.59. The summed E-state index contributed by atoms with van der Waals surface area (Å²) in [6, 6.07) is 0.658. The highest BCUT2D eigenvalue weighted by Gasteiger charge is 2.20. The predicted molar refractivity (Wildman–Crippen MR) is 60.3 cm³/mol. The zero-order chi connectivity index (χ0) is 14.0. The second-order valence-electron chi connectivity index (χ2n) is 3.88. The van der Waals surface area contributed by atoms with Crippen LogP contribution in [-0.2, 0) is 7.05 Å². The van der Waals surface area contributed by atoms with Crippen LogP contribution in [0.4, 0.5) is 0 Å². The summed E-state index contributed by atoms with van der Waals surface area (Å²) in [7, 11) is 1.75. The van der Waals surface area contributed by atoms with Gasteiger partial charge in [0, 0.05) is 13.1 Å². The number of hydrogen-bond acceptors (Lipinski definition) is 6. The zero-order valence-corrected chi connectivity index (χ0v) is 10.2. The highest BCUT2D eigenvalue weighted by atomic mass is 16.5. The Balaban J connectivity index is 2.08. The largest absolute Gasteiger partial charge is 0.475 e. The fourth-order valence-electron chi connectivity index (χ4n) is 1.50. The Bertz CT molecular complexity index is 617. The van der Waals surface area contributed by atoms with Gasteiger partial charge in [0.05, 0.1) is 6.04 Å². The molecule has 0 fully saturated rings. The zero-order valence-electron chi connectivity index (χ0n) is 10.2. The molecule has 0 saturated carbocycles. The molecule has 2 N–H and O–H groups in total. The first-order valence-corrected chi connectivity index (χ1v) is 5.34. The van der Waals surface area contributed by atoms with Crippen molar-refractivity contribution >= 4 is 11.9 Å². The molecule has 0 spiro atoms. The lowest BCUT2D eigenvalue weighted by Gasteiger charge is -2.11. The number of amides is 1. The van der Waals surface area contributed by atoms with Gasteiger partial charge in [-0.1, -0.05) is 5.16 Å². The second kappa shape index (κ2) is 4.88.